The predicted molar refractivity (Wildman–Crippen MR) is 82.0 cm³/mol. The van der Waals surface area contributed by atoms with Crippen molar-refractivity contribution < 1.29 is 4.79 Å². The summed E-state index contributed by atoms with van der Waals surface area (Å²) in [6.45, 7) is 0. The van der Waals surface area contributed by atoms with Crippen LogP contribution >= 0.6 is 0 Å². The zero-order valence-corrected chi connectivity index (χ0v) is 11.3. The molecule has 3 rings (SSSR count). The van der Waals surface area contributed by atoms with Crippen LogP contribution in [0.1, 0.15) is 19.3 Å². The maximum atomic E-state index is 11.9. The van der Waals surface area contributed by atoms with Crippen LogP contribution in [0.25, 0.3) is 0 Å². The van der Waals surface area contributed by atoms with Crippen LogP contribution in [-0.4, -0.2) is 5.78 Å². The first-order chi connectivity index (χ1) is 9.84. The molecule has 2 heteroatoms. The Morgan fingerprint density at radius 3 is 1.80 bits per heavy atom. The zero-order valence-electron chi connectivity index (χ0n) is 11.3. The monoisotopic (exact) mass is 263 g/mol. The van der Waals surface area contributed by atoms with Gasteiger partial charge in [-0.2, -0.15) is 0 Å². The summed E-state index contributed by atoms with van der Waals surface area (Å²) in [6.07, 6.45) is 4.54. The van der Waals surface area contributed by atoms with Crippen molar-refractivity contribution >= 4 is 17.2 Å². The second-order valence-electron chi connectivity index (χ2n) is 4.97. The lowest BCUT2D eigenvalue weighted by Crippen LogP contribution is -2.10. The molecule has 1 aliphatic rings. The number of para-hydroxylation sites is 2. The smallest absolute Gasteiger partial charge is 0.160 e. The van der Waals surface area contributed by atoms with E-state index >= 15 is 0 Å². The minimum Gasteiger partial charge on any atom is -0.317 e. The molecule has 20 heavy (non-hydrogen) atoms. The number of rotatable bonds is 3. The largest absolute Gasteiger partial charge is 0.317 e. The van der Waals surface area contributed by atoms with E-state index in [0.29, 0.717) is 6.42 Å². The summed E-state index contributed by atoms with van der Waals surface area (Å²) >= 11 is 0. The molecule has 0 saturated heterocycles. The quantitative estimate of drug-likeness (QED) is 0.762. The van der Waals surface area contributed by atoms with E-state index in [2.05, 4.69) is 29.2 Å². The summed E-state index contributed by atoms with van der Waals surface area (Å²) in [7, 11) is 0. The molecular formula is C18H17NO. The highest BCUT2D eigenvalue weighted by Crippen LogP contribution is 2.29. The number of hydrogen-bond acceptors (Lipinski definition) is 2. The van der Waals surface area contributed by atoms with E-state index < -0.39 is 0 Å². The SMILES string of the molecule is O=C1CCCC1=CN(c1ccccc1)c1ccccc1. The van der Waals surface area contributed by atoms with Crippen molar-refractivity contribution in [3.63, 3.8) is 0 Å². The summed E-state index contributed by atoms with van der Waals surface area (Å²) in [5.74, 6) is 0.280. The van der Waals surface area contributed by atoms with Gasteiger partial charge in [0.25, 0.3) is 0 Å². The summed E-state index contributed by atoms with van der Waals surface area (Å²) in [5, 5.41) is 0. The molecule has 2 nitrogen and oxygen atoms in total. The van der Waals surface area contributed by atoms with Crippen molar-refractivity contribution in [1.29, 1.82) is 0 Å². The van der Waals surface area contributed by atoms with Gasteiger partial charge in [-0.1, -0.05) is 36.4 Å². The summed E-state index contributed by atoms with van der Waals surface area (Å²) in [4.78, 5) is 14.0. The number of benzene rings is 2. The number of anilines is 2. The molecule has 0 N–H and O–H groups in total. The molecule has 2 aromatic rings. The highest BCUT2D eigenvalue weighted by atomic mass is 16.1. The molecule has 0 aliphatic heterocycles. The van der Waals surface area contributed by atoms with Gasteiger partial charge in [0, 0.05) is 29.6 Å². The highest BCUT2D eigenvalue weighted by molar-refractivity contribution is 5.98. The molecule has 2 aromatic carbocycles. The highest BCUT2D eigenvalue weighted by Gasteiger charge is 2.18. The van der Waals surface area contributed by atoms with E-state index in [4.69, 9.17) is 0 Å². The van der Waals surface area contributed by atoms with Gasteiger partial charge < -0.3 is 4.90 Å². The van der Waals surface area contributed by atoms with Gasteiger partial charge in [0.1, 0.15) is 0 Å². The summed E-state index contributed by atoms with van der Waals surface area (Å²) < 4.78 is 0. The van der Waals surface area contributed by atoms with Gasteiger partial charge in [0.05, 0.1) is 0 Å². The van der Waals surface area contributed by atoms with Crippen LogP contribution in [0.15, 0.2) is 72.4 Å². The van der Waals surface area contributed by atoms with Gasteiger partial charge in [-0.25, -0.2) is 0 Å². The summed E-state index contributed by atoms with van der Waals surface area (Å²) in [6, 6.07) is 20.3. The van der Waals surface area contributed by atoms with Crippen molar-refractivity contribution in [2.75, 3.05) is 4.90 Å². The van der Waals surface area contributed by atoms with Crippen LogP contribution in [0.5, 0.6) is 0 Å². The van der Waals surface area contributed by atoms with Crippen LogP contribution < -0.4 is 4.90 Å². The van der Waals surface area contributed by atoms with Gasteiger partial charge in [-0.15, -0.1) is 0 Å². The van der Waals surface area contributed by atoms with Crippen LogP contribution in [0.4, 0.5) is 11.4 Å². The molecule has 1 fully saturated rings. The van der Waals surface area contributed by atoms with E-state index in [1.165, 1.54) is 0 Å². The van der Waals surface area contributed by atoms with E-state index in [1.807, 2.05) is 42.6 Å². The van der Waals surface area contributed by atoms with Gasteiger partial charge in [-0.3, -0.25) is 4.79 Å². The number of ketones is 1. The fourth-order valence-electron chi connectivity index (χ4n) is 2.51. The van der Waals surface area contributed by atoms with Crippen molar-refractivity contribution in [2.45, 2.75) is 19.3 Å². The standard InChI is InChI=1S/C18H17NO/c20-18-13-7-8-15(18)14-19(16-9-3-1-4-10-16)17-11-5-2-6-12-17/h1-6,9-12,14H,7-8,13H2. The second kappa shape index (κ2) is 5.74. The van der Waals surface area contributed by atoms with Crippen molar-refractivity contribution in [3.8, 4) is 0 Å². The minimum atomic E-state index is 0.280. The number of Topliss-reactive ketones (excluding diaryl/α,β-unsaturated/α-hetero) is 1. The number of carbonyl (C=O) groups is 1. The van der Waals surface area contributed by atoms with Crippen molar-refractivity contribution in [3.05, 3.63) is 72.4 Å². The Bertz CT molecular complexity index is 577. The van der Waals surface area contributed by atoms with Crippen LogP contribution in [-0.2, 0) is 4.79 Å². The zero-order chi connectivity index (χ0) is 13.8. The Balaban J connectivity index is 2.03. The van der Waals surface area contributed by atoms with E-state index in [9.17, 15) is 4.79 Å². The molecule has 0 heterocycles. The number of allylic oxidation sites excluding steroid dienone is 1. The maximum Gasteiger partial charge on any atom is 0.160 e. The second-order valence-corrected chi connectivity index (χ2v) is 4.97. The molecular weight excluding hydrogens is 246 g/mol. The van der Waals surface area contributed by atoms with Crippen molar-refractivity contribution in [1.82, 2.24) is 0 Å². The normalized spacial score (nSPS) is 16.6. The van der Waals surface area contributed by atoms with E-state index in [-0.39, 0.29) is 5.78 Å². The molecule has 0 atom stereocenters. The maximum absolute atomic E-state index is 11.9. The Labute approximate surface area is 119 Å². The van der Waals surface area contributed by atoms with E-state index in [1.54, 1.807) is 0 Å². The Kier molecular flexibility index (Phi) is 3.64. The fourth-order valence-corrected chi connectivity index (χ4v) is 2.51. The van der Waals surface area contributed by atoms with Crippen LogP contribution in [0.2, 0.25) is 0 Å². The molecule has 1 saturated carbocycles. The third-order valence-corrected chi connectivity index (χ3v) is 3.56. The Hall–Kier alpha value is -2.35. The first-order valence-electron chi connectivity index (χ1n) is 6.98. The first-order valence-corrected chi connectivity index (χ1v) is 6.98. The van der Waals surface area contributed by atoms with Crippen LogP contribution in [0, 0.1) is 0 Å². The lowest BCUT2D eigenvalue weighted by molar-refractivity contribution is -0.114. The average Bonchev–Trinajstić information content (AvgIpc) is 2.92. The molecule has 0 bridgehead atoms. The van der Waals surface area contributed by atoms with E-state index in [0.717, 1.165) is 29.8 Å². The summed E-state index contributed by atoms with van der Waals surface area (Å²) in [5.41, 5.74) is 3.08. The molecule has 100 valence electrons. The molecule has 0 aromatic heterocycles. The average molecular weight is 263 g/mol. The lowest BCUT2D eigenvalue weighted by atomic mass is 10.2. The molecule has 0 radical (unpaired) electrons. The number of nitrogens with zero attached hydrogens (tertiary/aromatic N) is 1. The lowest BCUT2D eigenvalue weighted by Gasteiger charge is -2.21. The molecule has 0 spiro atoms. The minimum absolute atomic E-state index is 0.280. The Morgan fingerprint density at radius 2 is 1.35 bits per heavy atom. The Morgan fingerprint density at radius 1 is 0.800 bits per heavy atom. The van der Waals surface area contributed by atoms with Crippen molar-refractivity contribution in [2.24, 2.45) is 0 Å². The third kappa shape index (κ3) is 2.64. The molecule has 1 aliphatic carbocycles. The van der Waals surface area contributed by atoms with Gasteiger partial charge in [0.15, 0.2) is 5.78 Å². The van der Waals surface area contributed by atoms with Gasteiger partial charge in [-0.05, 0) is 37.1 Å². The molecule has 0 unspecified atom stereocenters. The third-order valence-electron chi connectivity index (χ3n) is 3.56. The van der Waals surface area contributed by atoms with Crippen LogP contribution in [0.3, 0.4) is 0 Å². The van der Waals surface area contributed by atoms with Gasteiger partial charge >= 0.3 is 0 Å². The fraction of sp³-hybridized carbons (Fsp3) is 0.167. The topological polar surface area (TPSA) is 20.3 Å². The first kappa shape index (κ1) is 12.7. The number of carbonyl (C=O) groups excluding carboxylic acids is 1. The molecule has 0 amide bonds. The van der Waals surface area contributed by atoms with Gasteiger partial charge in [0.2, 0.25) is 0 Å². The predicted octanol–water partition coefficient (Wildman–Crippen LogP) is 4.46. The number of hydrogen-bond donors (Lipinski definition) is 0.